The number of piperidine rings is 1. The maximum atomic E-state index is 11.5. The predicted octanol–water partition coefficient (Wildman–Crippen LogP) is 0.333. The van der Waals surface area contributed by atoms with Gasteiger partial charge in [0.05, 0.1) is 13.7 Å². The van der Waals surface area contributed by atoms with Gasteiger partial charge in [-0.3, -0.25) is 15.0 Å². The Hall–Kier alpha value is -1.14. The van der Waals surface area contributed by atoms with Crippen molar-refractivity contribution >= 4 is 12.0 Å². The van der Waals surface area contributed by atoms with Crippen molar-refractivity contribution in [2.24, 2.45) is 5.92 Å². The lowest BCUT2D eigenvalue weighted by Gasteiger charge is -2.31. The van der Waals surface area contributed by atoms with Crippen molar-refractivity contribution in [1.82, 2.24) is 15.5 Å². The normalized spacial score (nSPS) is 21.1. The summed E-state index contributed by atoms with van der Waals surface area (Å²) in [6.45, 7) is 3.21. The number of amides is 2. The Morgan fingerprint density at radius 2 is 1.89 bits per heavy atom. The number of nitrogens with one attached hydrogen (secondary N) is 2. The van der Waals surface area contributed by atoms with Crippen LogP contribution < -0.4 is 10.6 Å². The molecular formula is C13H23N3O3. The molecule has 0 aromatic carbocycles. The fourth-order valence-corrected chi connectivity index (χ4v) is 2.36. The number of imide groups is 1. The van der Waals surface area contributed by atoms with Gasteiger partial charge in [0, 0.05) is 19.1 Å². The van der Waals surface area contributed by atoms with Crippen LogP contribution in [-0.4, -0.2) is 56.2 Å². The predicted molar refractivity (Wildman–Crippen MR) is 70.7 cm³/mol. The average Bonchev–Trinajstić information content (AvgIpc) is 3.21. The second-order valence-corrected chi connectivity index (χ2v) is 5.44. The van der Waals surface area contributed by atoms with Crippen LogP contribution >= 0.6 is 0 Å². The van der Waals surface area contributed by atoms with E-state index in [9.17, 15) is 9.59 Å². The van der Waals surface area contributed by atoms with E-state index in [-0.39, 0.29) is 12.5 Å². The van der Waals surface area contributed by atoms with Crippen LogP contribution in [0.4, 0.5) is 4.79 Å². The molecular weight excluding hydrogens is 246 g/mol. The highest BCUT2D eigenvalue weighted by molar-refractivity contribution is 5.92. The standard InChI is InChI=1S/C13H23N3O3/c1-19-13(18)15-12(17)9-16-6-4-11(5-7-16)14-8-10-2-3-10/h10-11,14H,2-9H2,1H3,(H,15,17,18). The number of hydrogen-bond donors (Lipinski definition) is 2. The summed E-state index contributed by atoms with van der Waals surface area (Å²) in [5.41, 5.74) is 0. The summed E-state index contributed by atoms with van der Waals surface area (Å²) >= 11 is 0. The van der Waals surface area contributed by atoms with Crippen molar-refractivity contribution in [1.29, 1.82) is 0 Å². The molecule has 2 N–H and O–H groups in total. The number of hydrogen-bond acceptors (Lipinski definition) is 5. The zero-order valence-corrected chi connectivity index (χ0v) is 11.5. The van der Waals surface area contributed by atoms with Crippen LogP contribution in [0.1, 0.15) is 25.7 Å². The zero-order chi connectivity index (χ0) is 13.7. The van der Waals surface area contributed by atoms with Crippen molar-refractivity contribution in [3.05, 3.63) is 0 Å². The van der Waals surface area contributed by atoms with Crippen molar-refractivity contribution in [2.75, 3.05) is 33.3 Å². The minimum atomic E-state index is -0.689. The molecule has 0 unspecified atom stereocenters. The summed E-state index contributed by atoms with van der Waals surface area (Å²) in [6, 6.07) is 0.584. The Morgan fingerprint density at radius 1 is 1.21 bits per heavy atom. The van der Waals surface area contributed by atoms with Crippen molar-refractivity contribution in [3.63, 3.8) is 0 Å². The lowest BCUT2D eigenvalue weighted by molar-refractivity contribution is -0.121. The number of methoxy groups -OCH3 is 1. The second kappa shape index (κ2) is 6.86. The van der Waals surface area contributed by atoms with E-state index in [4.69, 9.17) is 0 Å². The lowest BCUT2D eigenvalue weighted by Crippen LogP contribution is -2.47. The number of alkyl carbamates (subject to hydrolysis) is 1. The zero-order valence-electron chi connectivity index (χ0n) is 11.5. The highest BCUT2D eigenvalue weighted by atomic mass is 16.5. The van der Waals surface area contributed by atoms with Gasteiger partial charge in [0.2, 0.25) is 5.91 Å². The molecule has 6 heteroatoms. The fourth-order valence-electron chi connectivity index (χ4n) is 2.36. The van der Waals surface area contributed by atoms with Gasteiger partial charge >= 0.3 is 6.09 Å². The molecule has 1 heterocycles. The Kier molecular flexibility index (Phi) is 5.15. The van der Waals surface area contributed by atoms with E-state index < -0.39 is 6.09 Å². The number of rotatable bonds is 5. The van der Waals surface area contributed by atoms with Crippen LogP contribution in [0.25, 0.3) is 0 Å². The van der Waals surface area contributed by atoms with E-state index in [2.05, 4.69) is 20.3 Å². The van der Waals surface area contributed by atoms with E-state index in [1.54, 1.807) is 0 Å². The Bertz CT molecular complexity index is 323. The van der Waals surface area contributed by atoms with Gasteiger partial charge in [0.25, 0.3) is 0 Å². The van der Waals surface area contributed by atoms with Crippen molar-refractivity contribution < 1.29 is 14.3 Å². The summed E-state index contributed by atoms with van der Waals surface area (Å²) in [5, 5.41) is 5.78. The highest BCUT2D eigenvalue weighted by Gasteiger charge is 2.25. The molecule has 2 aliphatic rings. The largest absolute Gasteiger partial charge is 0.453 e. The van der Waals surface area contributed by atoms with Gasteiger partial charge in [0.1, 0.15) is 0 Å². The third kappa shape index (κ3) is 5.16. The van der Waals surface area contributed by atoms with E-state index in [1.807, 2.05) is 0 Å². The molecule has 1 saturated heterocycles. The first kappa shape index (κ1) is 14.3. The van der Waals surface area contributed by atoms with Crippen molar-refractivity contribution in [3.8, 4) is 0 Å². The molecule has 0 atom stereocenters. The summed E-state index contributed by atoms with van der Waals surface area (Å²) in [5.74, 6) is 0.611. The Balaban J connectivity index is 1.59. The number of carbonyl (C=O) groups excluding carboxylic acids is 2. The van der Waals surface area contributed by atoms with E-state index in [0.29, 0.717) is 6.04 Å². The first-order valence-corrected chi connectivity index (χ1v) is 7.01. The summed E-state index contributed by atoms with van der Waals surface area (Å²) < 4.78 is 4.39. The van der Waals surface area contributed by atoms with Gasteiger partial charge in [-0.1, -0.05) is 0 Å². The molecule has 0 aromatic heterocycles. The number of ether oxygens (including phenoxy) is 1. The molecule has 19 heavy (non-hydrogen) atoms. The molecule has 0 bridgehead atoms. The van der Waals surface area contributed by atoms with Crippen LogP contribution in [-0.2, 0) is 9.53 Å². The van der Waals surface area contributed by atoms with Crippen LogP contribution in [0.5, 0.6) is 0 Å². The first-order chi connectivity index (χ1) is 9.17. The molecule has 2 fully saturated rings. The molecule has 0 spiro atoms. The van der Waals surface area contributed by atoms with Crippen LogP contribution in [0.15, 0.2) is 0 Å². The Labute approximate surface area is 113 Å². The Morgan fingerprint density at radius 3 is 2.47 bits per heavy atom. The first-order valence-electron chi connectivity index (χ1n) is 7.01. The fraction of sp³-hybridized carbons (Fsp3) is 0.846. The second-order valence-electron chi connectivity index (χ2n) is 5.44. The van der Waals surface area contributed by atoms with Crippen LogP contribution in [0, 0.1) is 5.92 Å². The molecule has 2 rings (SSSR count). The quantitative estimate of drug-likeness (QED) is 0.753. The molecule has 2 amide bonds. The topological polar surface area (TPSA) is 70.7 Å². The minimum Gasteiger partial charge on any atom is -0.453 e. The van der Waals surface area contributed by atoms with Crippen LogP contribution in [0.2, 0.25) is 0 Å². The molecule has 0 radical (unpaired) electrons. The van der Waals surface area contributed by atoms with Crippen LogP contribution in [0.3, 0.4) is 0 Å². The molecule has 1 aliphatic heterocycles. The summed E-state index contributed by atoms with van der Waals surface area (Å²) in [7, 11) is 1.25. The number of nitrogens with zero attached hydrogens (tertiary/aromatic N) is 1. The molecule has 1 saturated carbocycles. The van der Waals surface area contributed by atoms with Crippen molar-refractivity contribution in [2.45, 2.75) is 31.7 Å². The van der Waals surface area contributed by atoms with Gasteiger partial charge in [0.15, 0.2) is 0 Å². The maximum Gasteiger partial charge on any atom is 0.413 e. The average molecular weight is 269 g/mol. The number of carbonyl (C=O) groups is 2. The monoisotopic (exact) mass is 269 g/mol. The third-order valence-electron chi connectivity index (χ3n) is 3.77. The van der Waals surface area contributed by atoms with Gasteiger partial charge in [-0.05, 0) is 38.1 Å². The summed E-state index contributed by atoms with van der Waals surface area (Å²) in [6.07, 6.45) is 4.20. The highest BCUT2D eigenvalue weighted by Crippen LogP contribution is 2.28. The number of likely N-dealkylation sites (tertiary alicyclic amines) is 1. The maximum absolute atomic E-state index is 11.5. The van der Waals surface area contributed by atoms with Gasteiger partial charge < -0.3 is 10.1 Å². The van der Waals surface area contributed by atoms with Gasteiger partial charge in [-0.2, -0.15) is 0 Å². The molecule has 1 aliphatic carbocycles. The summed E-state index contributed by atoms with van der Waals surface area (Å²) in [4.78, 5) is 24.5. The molecule has 108 valence electrons. The third-order valence-corrected chi connectivity index (χ3v) is 3.77. The molecule has 0 aromatic rings. The SMILES string of the molecule is COC(=O)NC(=O)CN1CCC(NCC2CC2)CC1. The lowest BCUT2D eigenvalue weighted by atomic mass is 10.0. The van der Waals surface area contributed by atoms with Gasteiger partial charge in [-0.25, -0.2) is 4.79 Å². The smallest absolute Gasteiger partial charge is 0.413 e. The van der Waals surface area contributed by atoms with E-state index in [1.165, 1.54) is 20.0 Å². The van der Waals surface area contributed by atoms with E-state index in [0.717, 1.165) is 38.4 Å². The minimum absolute atomic E-state index is 0.268. The molecule has 6 nitrogen and oxygen atoms in total. The van der Waals surface area contributed by atoms with Gasteiger partial charge in [-0.15, -0.1) is 0 Å². The van der Waals surface area contributed by atoms with E-state index >= 15 is 0 Å².